The zero-order valence-corrected chi connectivity index (χ0v) is 30.0. The molecule has 10 nitrogen and oxygen atoms in total. The molecule has 53 heavy (non-hydrogen) atoms. The van der Waals surface area contributed by atoms with Crippen LogP contribution in [0.1, 0.15) is 42.9 Å². The minimum Gasteiger partial charge on any atom is -0.480 e. The molecule has 1 aliphatic heterocycles. The molecular weight excluding hydrogens is 747 g/mol. The van der Waals surface area contributed by atoms with Gasteiger partial charge in [0, 0.05) is 17.7 Å². The van der Waals surface area contributed by atoms with Gasteiger partial charge in [-0.3, -0.25) is 9.69 Å². The SMILES string of the molecule is Cc1ccc(C(C)C)c(N2C(=O)CS/C2=N\C(=N\C(Cc2ccc(-c3ncn(-c4ccc(OC(F)(F)F)cc4)n3)cc2)C(=O)O)SCCC(F)(F)F)c1. The second-order valence-electron chi connectivity index (χ2n) is 12.1. The summed E-state index contributed by atoms with van der Waals surface area (Å²) in [6, 6.07) is 15.8. The number of alkyl halides is 6. The number of hydrogen-bond donors (Lipinski definition) is 1. The number of aryl methyl sites for hydroxylation is 1. The van der Waals surface area contributed by atoms with Crippen LogP contribution in [-0.2, 0) is 16.0 Å². The Hall–Kier alpha value is -4.84. The van der Waals surface area contributed by atoms with E-state index in [-0.39, 0.29) is 40.2 Å². The van der Waals surface area contributed by atoms with Gasteiger partial charge in [-0.25, -0.2) is 19.5 Å². The Morgan fingerprint density at radius 1 is 1.04 bits per heavy atom. The number of ether oxygens (including phenoxy) is 1. The molecule has 2 heterocycles. The van der Waals surface area contributed by atoms with Gasteiger partial charge in [0.2, 0.25) is 5.91 Å². The molecule has 0 bridgehead atoms. The first-order valence-electron chi connectivity index (χ1n) is 16.0. The van der Waals surface area contributed by atoms with E-state index in [1.54, 1.807) is 24.3 Å². The summed E-state index contributed by atoms with van der Waals surface area (Å²) < 4.78 is 82.0. The van der Waals surface area contributed by atoms with Crippen LogP contribution in [0.3, 0.4) is 0 Å². The summed E-state index contributed by atoms with van der Waals surface area (Å²) >= 11 is 1.75. The molecule has 0 radical (unpaired) electrons. The number of halogens is 6. The van der Waals surface area contributed by atoms with Crippen molar-refractivity contribution in [2.75, 3.05) is 16.4 Å². The number of aliphatic carboxylic acids is 1. The lowest BCUT2D eigenvalue weighted by Crippen LogP contribution is -2.31. The first-order valence-corrected chi connectivity index (χ1v) is 17.9. The minimum atomic E-state index is -4.82. The lowest BCUT2D eigenvalue weighted by atomic mass is 9.99. The summed E-state index contributed by atoms with van der Waals surface area (Å²) in [6.07, 6.45) is -9.21. The molecule has 18 heteroatoms. The fourth-order valence-corrected chi connectivity index (χ4v) is 6.90. The summed E-state index contributed by atoms with van der Waals surface area (Å²) in [5, 5.41) is 14.5. The van der Waals surface area contributed by atoms with Crippen LogP contribution in [0.15, 0.2) is 83.0 Å². The van der Waals surface area contributed by atoms with Crippen molar-refractivity contribution >= 4 is 51.4 Å². The second kappa shape index (κ2) is 16.4. The second-order valence-corrected chi connectivity index (χ2v) is 14.1. The molecule has 1 fully saturated rings. The van der Waals surface area contributed by atoms with Gasteiger partial charge >= 0.3 is 18.5 Å². The van der Waals surface area contributed by atoms with Crippen LogP contribution in [0.4, 0.5) is 32.0 Å². The Bertz CT molecular complexity index is 2000. The Balaban J connectivity index is 1.38. The largest absolute Gasteiger partial charge is 0.573 e. The van der Waals surface area contributed by atoms with E-state index < -0.39 is 42.5 Å². The van der Waals surface area contributed by atoms with Gasteiger partial charge in [-0.1, -0.05) is 73.8 Å². The van der Waals surface area contributed by atoms with E-state index >= 15 is 0 Å². The molecule has 1 unspecified atom stereocenters. The lowest BCUT2D eigenvalue weighted by Gasteiger charge is -2.22. The maximum Gasteiger partial charge on any atom is 0.573 e. The number of carboxylic acids is 1. The standard InChI is InChI=1S/C35H32F6N6O4S2/c1-20(2)26-13-4-21(3)16-28(26)47-29(48)18-53-33(47)44-32(52-15-14-34(36,37)38)43-27(31(49)50)17-22-5-7-23(8-6-22)30-42-19-46(45-30)24-9-11-25(12-10-24)51-35(39,40)41/h4-13,16,19-20,27H,14-15,17-18H2,1-3H3,(H,49,50)/b43-32-,44-33-. The molecule has 1 aromatic heterocycles. The monoisotopic (exact) mass is 778 g/mol. The topological polar surface area (TPSA) is 122 Å². The average molecular weight is 779 g/mol. The van der Waals surface area contributed by atoms with Crippen molar-refractivity contribution in [3.05, 3.63) is 89.7 Å². The summed E-state index contributed by atoms with van der Waals surface area (Å²) in [7, 11) is 0. The van der Waals surface area contributed by atoms with Crippen LogP contribution in [0, 0.1) is 6.92 Å². The average Bonchev–Trinajstić information content (AvgIpc) is 3.70. The number of carbonyl (C=O) groups excluding carboxylic acids is 1. The maximum atomic E-state index is 13.1. The normalized spacial score (nSPS) is 15.4. The van der Waals surface area contributed by atoms with E-state index in [4.69, 9.17) is 0 Å². The molecule has 1 saturated heterocycles. The minimum absolute atomic E-state index is 0.0375. The van der Waals surface area contributed by atoms with Crippen molar-refractivity contribution in [3.63, 3.8) is 0 Å². The van der Waals surface area contributed by atoms with Crippen LogP contribution in [-0.4, -0.2) is 72.2 Å². The number of anilines is 1. The molecule has 0 aliphatic carbocycles. The molecular formula is C35H32F6N6O4S2. The van der Waals surface area contributed by atoms with Crippen LogP contribution < -0.4 is 9.64 Å². The van der Waals surface area contributed by atoms with E-state index in [0.29, 0.717) is 34.3 Å². The molecule has 0 saturated carbocycles. The van der Waals surface area contributed by atoms with Gasteiger partial charge in [-0.15, -0.1) is 18.3 Å². The number of nitrogens with zero attached hydrogens (tertiary/aromatic N) is 6. The van der Waals surface area contributed by atoms with E-state index in [2.05, 4.69) is 24.8 Å². The molecule has 0 spiro atoms. The van der Waals surface area contributed by atoms with Crippen LogP contribution in [0.25, 0.3) is 17.1 Å². The third-order valence-corrected chi connectivity index (χ3v) is 9.43. The fraction of sp³-hybridized carbons (Fsp3) is 0.314. The predicted molar refractivity (Wildman–Crippen MR) is 192 cm³/mol. The molecule has 5 rings (SSSR count). The highest BCUT2D eigenvalue weighted by Gasteiger charge is 2.34. The van der Waals surface area contributed by atoms with Gasteiger partial charge in [0.25, 0.3) is 0 Å². The molecule has 1 atom stereocenters. The molecule has 1 amide bonds. The Kier molecular flexibility index (Phi) is 12.2. The lowest BCUT2D eigenvalue weighted by molar-refractivity contribution is -0.274. The third-order valence-electron chi connectivity index (χ3n) is 7.64. The van der Waals surface area contributed by atoms with Crippen LogP contribution in [0.5, 0.6) is 5.75 Å². The summed E-state index contributed by atoms with van der Waals surface area (Å²) in [4.78, 5) is 40.0. The van der Waals surface area contributed by atoms with E-state index in [9.17, 15) is 41.0 Å². The first kappa shape index (κ1) is 39.4. The smallest absolute Gasteiger partial charge is 0.480 e. The number of aromatic nitrogens is 3. The Morgan fingerprint density at radius 2 is 1.74 bits per heavy atom. The van der Waals surface area contributed by atoms with Gasteiger partial charge in [0.15, 0.2) is 22.2 Å². The van der Waals surface area contributed by atoms with Crippen LogP contribution >= 0.6 is 23.5 Å². The van der Waals surface area contributed by atoms with Crippen LogP contribution in [0.2, 0.25) is 0 Å². The highest BCUT2D eigenvalue weighted by Crippen LogP contribution is 2.35. The number of thioether (sulfide) groups is 2. The van der Waals surface area contributed by atoms with E-state index in [1.165, 1.54) is 28.0 Å². The summed E-state index contributed by atoms with van der Waals surface area (Å²) in [5.74, 6) is -2.11. The highest BCUT2D eigenvalue weighted by molar-refractivity contribution is 8.16. The van der Waals surface area contributed by atoms with E-state index in [1.807, 2.05) is 39.0 Å². The number of amidine groups is 2. The van der Waals surface area contributed by atoms with Crippen molar-refractivity contribution < 1.29 is 45.8 Å². The molecule has 1 aliphatic rings. The first-order chi connectivity index (χ1) is 25.0. The fourth-order valence-electron chi connectivity index (χ4n) is 5.11. The van der Waals surface area contributed by atoms with Gasteiger partial charge in [0.1, 0.15) is 12.1 Å². The van der Waals surface area contributed by atoms with Crippen molar-refractivity contribution in [3.8, 4) is 22.8 Å². The molecule has 1 N–H and O–H groups in total. The summed E-state index contributed by atoms with van der Waals surface area (Å²) in [6.45, 7) is 5.80. The number of rotatable bonds is 11. The van der Waals surface area contributed by atoms with Crippen molar-refractivity contribution in [1.29, 1.82) is 0 Å². The number of carboxylic acid groups (broad SMARTS) is 1. The van der Waals surface area contributed by atoms with Crippen molar-refractivity contribution in [2.45, 2.75) is 58.1 Å². The van der Waals surface area contributed by atoms with Crippen molar-refractivity contribution in [2.24, 2.45) is 9.98 Å². The molecule has 3 aromatic carbocycles. The van der Waals surface area contributed by atoms with Crippen molar-refractivity contribution in [1.82, 2.24) is 14.8 Å². The number of hydrogen-bond acceptors (Lipinski definition) is 8. The van der Waals surface area contributed by atoms with Gasteiger partial charge in [-0.2, -0.15) is 18.2 Å². The molecule has 4 aromatic rings. The molecule has 280 valence electrons. The van der Waals surface area contributed by atoms with E-state index in [0.717, 1.165) is 35.0 Å². The maximum absolute atomic E-state index is 13.1. The highest BCUT2D eigenvalue weighted by atomic mass is 32.2. The Labute approximate surface area is 308 Å². The quantitative estimate of drug-likeness (QED) is 0.0915. The Morgan fingerprint density at radius 3 is 2.36 bits per heavy atom. The summed E-state index contributed by atoms with van der Waals surface area (Å²) in [5.41, 5.74) is 3.85. The zero-order valence-electron chi connectivity index (χ0n) is 28.4. The van der Waals surface area contributed by atoms with Gasteiger partial charge in [0.05, 0.1) is 23.5 Å². The zero-order chi connectivity index (χ0) is 38.5. The number of amides is 1. The number of aliphatic imine (C=N–C) groups is 2. The number of benzene rings is 3. The van der Waals surface area contributed by atoms with Gasteiger partial charge in [-0.05, 0) is 59.9 Å². The van der Waals surface area contributed by atoms with Gasteiger partial charge < -0.3 is 9.84 Å². The third kappa shape index (κ3) is 10.8. The predicted octanol–water partition coefficient (Wildman–Crippen LogP) is 8.44. The number of carbonyl (C=O) groups is 2.